The van der Waals surface area contributed by atoms with Gasteiger partial charge in [0.15, 0.2) is 5.78 Å². The SMILES string of the molecule is COc1ccc(C(=O)CC(C)O)cc1. The van der Waals surface area contributed by atoms with Gasteiger partial charge in [0, 0.05) is 12.0 Å². The molecule has 76 valence electrons. The molecule has 14 heavy (non-hydrogen) atoms. The molecule has 0 saturated heterocycles. The minimum absolute atomic E-state index is 0.0531. The molecule has 0 fully saturated rings. The molecule has 0 spiro atoms. The van der Waals surface area contributed by atoms with Crippen LogP contribution >= 0.6 is 0 Å². The van der Waals surface area contributed by atoms with Crippen LogP contribution in [0.15, 0.2) is 24.3 Å². The van der Waals surface area contributed by atoms with E-state index in [1.165, 1.54) is 0 Å². The highest BCUT2D eigenvalue weighted by molar-refractivity contribution is 5.96. The third-order valence-electron chi connectivity index (χ3n) is 1.89. The minimum Gasteiger partial charge on any atom is -0.497 e. The first-order chi connectivity index (χ1) is 6.63. The average molecular weight is 194 g/mol. The van der Waals surface area contributed by atoms with Crippen molar-refractivity contribution < 1.29 is 14.6 Å². The number of aliphatic hydroxyl groups excluding tert-OH is 1. The lowest BCUT2D eigenvalue weighted by molar-refractivity contribution is 0.0901. The van der Waals surface area contributed by atoms with Crippen molar-refractivity contribution in [3.63, 3.8) is 0 Å². The Hall–Kier alpha value is -1.35. The minimum atomic E-state index is -0.593. The Morgan fingerprint density at radius 2 is 2.00 bits per heavy atom. The van der Waals surface area contributed by atoms with Gasteiger partial charge in [0.25, 0.3) is 0 Å². The molecule has 0 aliphatic heterocycles. The number of rotatable bonds is 4. The lowest BCUT2D eigenvalue weighted by Crippen LogP contribution is -2.09. The number of hydrogen-bond donors (Lipinski definition) is 1. The van der Waals surface area contributed by atoms with Gasteiger partial charge in [-0.3, -0.25) is 4.79 Å². The van der Waals surface area contributed by atoms with Crippen LogP contribution in [0.25, 0.3) is 0 Å². The van der Waals surface area contributed by atoms with Gasteiger partial charge in [-0.05, 0) is 31.2 Å². The van der Waals surface area contributed by atoms with Crippen molar-refractivity contribution in [2.45, 2.75) is 19.4 Å². The summed E-state index contributed by atoms with van der Waals surface area (Å²) in [5.74, 6) is 0.668. The van der Waals surface area contributed by atoms with Crippen LogP contribution < -0.4 is 4.74 Å². The number of hydrogen-bond acceptors (Lipinski definition) is 3. The van der Waals surface area contributed by atoms with Crippen molar-refractivity contribution in [1.29, 1.82) is 0 Å². The van der Waals surface area contributed by atoms with E-state index in [0.717, 1.165) is 5.75 Å². The number of aliphatic hydroxyl groups is 1. The second-order valence-electron chi connectivity index (χ2n) is 3.20. The summed E-state index contributed by atoms with van der Waals surface area (Å²) in [7, 11) is 1.58. The number of methoxy groups -OCH3 is 1. The molecule has 0 bridgehead atoms. The van der Waals surface area contributed by atoms with E-state index in [1.807, 2.05) is 0 Å². The van der Waals surface area contributed by atoms with Gasteiger partial charge in [-0.15, -0.1) is 0 Å². The summed E-state index contributed by atoms with van der Waals surface area (Å²) in [6.07, 6.45) is -0.434. The summed E-state index contributed by atoms with van der Waals surface area (Å²) >= 11 is 0. The Kier molecular flexibility index (Phi) is 3.65. The van der Waals surface area contributed by atoms with Crippen LogP contribution in [0.5, 0.6) is 5.75 Å². The van der Waals surface area contributed by atoms with Crippen LogP contribution in [0.3, 0.4) is 0 Å². The maximum atomic E-state index is 11.5. The van der Waals surface area contributed by atoms with E-state index in [0.29, 0.717) is 5.56 Å². The van der Waals surface area contributed by atoms with Gasteiger partial charge >= 0.3 is 0 Å². The van der Waals surface area contributed by atoms with Crippen LogP contribution in [0, 0.1) is 0 Å². The summed E-state index contributed by atoms with van der Waals surface area (Å²) in [4.78, 5) is 11.5. The quantitative estimate of drug-likeness (QED) is 0.741. The van der Waals surface area contributed by atoms with Crippen molar-refractivity contribution in [1.82, 2.24) is 0 Å². The highest BCUT2D eigenvalue weighted by Gasteiger charge is 2.08. The number of carbonyl (C=O) groups excluding carboxylic acids is 1. The first-order valence-corrected chi connectivity index (χ1v) is 4.49. The lowest BCUT2D eigenvalue weighted by Gasteiger charge is -2.04. The third kappa shape index (κ3) is 2.85. The molecule has 1 unspecified atom stereocenters. The van der Waals surface area contributed by atoms with Crippen LogP contribution in [0.4, 0.5) is 0 Å². The normalized spacial score (nSPS) is 12.2. The predicted molar refractivity (Wildman–Crippen MR) is 53.6 cm³/mol. The summed E-state index contributed by atoms with van der Waals surface area (Å²) in [6, 6.07) is 6.86. The van der Waals surface area contributed by atoms with Crippen molar-refractivity contribution in [3.8, 4) is 5.75 Å². The van der Waals surface area contributed by atoms with E-state index in [1.54, 1.807) is 38.3 Å². The molecular weight excluding hydrogens is 180 g/mol. The molecule has 1 rings (SSSR count). The molecule has 0 aliphatic carbocycles. The van der Waals surface area contributed by atoms with Crippen LogP contribution in [0.1, 0.15) is 23.7 Å². The number of ether oxygens (including phenoxy) is 1. The van der Waals surface area contributed by atoms with Gasteiger partial charge in [-0.25, -0.2) is 0 Å². The third-order valence-corrected chi connectivity index (χ3v) is 1.89. The zero-order chi connectivity index (χ0) is 10.6. The van der Waals surface area contributed by atoms with E-state index < -0.39 is 6.10 Å². The van der Waals surface area contributed by atoms with E-state index >= 15 is 0 Å². The average Bonchev–Trinajstić information content (AvgIpc) is 2.17. The molecule has 1 N–H and O–H groups in total. The van der Waals surface area contributed by atoms with Crippen molar-refractivity contribution in [3.05, 3.63) is 29.8 Å². The maximum absolute atomic E-state index is 11.5. The highest BCUT2D eigenvalue weighted by atomic mass is 16.5. The van der Waals surface area contributed by atoms with Gasteiger partial charge in [0.2, 0.25) is 0 Å². The second-order valence-corrected chi connectivity index (χ2v) is 3.20. The summed E-state index contributed by atoms with van der Waals surface area (Å²) < 4.78 is 4.97. The Labute approximate surface area is 83.3 Å². The predicted octanol–water partition coefficient (Wildman–Crippen LogP) is 1.65. The van der Waals surface area contributed by atoms with Crippen molar-refractivity contribution in [2.75, 3.05) is 7.11 Å². The van der Waals surface area contributed by atoms with Gasteiger partial charge in [-0.2, -0.15) is 0 Å². The largest absolute Gasteiger partial charge is 0.497 e. The Morgan fingerprint density at radius 1 is 1.43 bits per heavy atom. The molecule has 0 saturated carbocycles. The Bertz CT molecular complexity index is 301. The summed E-state index contributed by atoms with van der Waals surface area (Å²) in [5.41, 5.74) is 0.603. The number of ketones is 1. The molecule has 3 heteroatoms. The molecule has 3 nitrogen and oxygen atoms in total. The van der Waals surface area contributed by atoms with Crippen LogP contribution in [-0.4, -0.2) is 24.1 Å². The molecule has 0 aliphatic rings. The number of carbonyl (C=O) groups is 1. The maximum Gasteiger partial charge on any atom is 0.165 e. The van der Waals surface area contributed by atoms with E-state index in [9.17, 15) is 4.79 Å². The first kappa shape index (κ1) is 10.7. The molecule has 1 aromatic rings. The molecule has 1 atom stereocenters. The van der Waals surface area contributed by atoms with Gasteiger partial charge in [-0.1, -0.05) is 0 Å². The second kappa shape index (κ2) is 4.77. The zero-order valence-electron chi connectivity index (χ0n) is 8.36. The standard InChI is InChI=1S/C11H14O3/c1-8(12)7-11(13)9-3-5-10(14-2)6-4-9/h3-6,8,12H,7H2,1-2H3. The highest BCUT2D eigenvalue weighted by Crippen LogP contribution is 2.13. The monoisotopic (exact) mass is 194 g/mol. The van der Waals surface area contributed by atoms with E-state index in [-0.39, 0.29) is 12.2 Å². The van der Waals surface area contributed by atoms with Crippen molar-refractivity contribution >= 4 is 5.78 Å². The Morgan fingerprint density at radius 3 is 2.43 bits per heavy atom. The van der Waals surface area contributed by atoms with E-state index in [2.05, 4.69) is 0 Å². The zero-order valence-corrected chi connectivity index (χ0v) is 8.36. The molecule has 1 aromatic carbocycles. The van der Waals surface area contributed by atoms with Crippen LogP contribution in [-0.2, 0) is 0 Å². The number of Topliss-reactive ketones (excluding diaryl/α,β-unsaturated/α-hetero) is 1. The first-order valence-electron chi connectivity index (χ1n) is 4.49. The fraction of sp³-hybridized carbons (Fsp3) is 0.364. The van der Waals surface area contributed by atoms with E-state index in [4.69, 9.17) is 9.84 Å². The fourth-order valence-corrected chi connectivity index (χ4v) is 1.16. The molecule has 0 aromatic heterocycles. The van der Waals surface area contributed by atoms with Gasteiger partial charge < -0.3 is 9.84 Å². The summed E-state index contributed by atoms with van der Waals surface area (Å²) in [5, 5.41) is 9.04. The van der Waals surface area contributed by atoms with Crippen LogP contribution in [0.2, 0.25) is 0 Å². The lowest BCUT2D eigenvalue weighted by atomic mass is 10.1. The molecular formula is C11H14O3. The Balaban J connectivity index is 2.71. The molecule has 0 radical (unpaired) electrons. The summed E-state index contributed by atoms with van der Waals surface area (Å²) in [6.45, 7) is 1.60. The smallest absolute Gasteiger partial charge is 0.165 e. The molecule has 0 amide bonds. The fourth-order valence-electron chi connectivity index (χ4n) is 1.16. The number of benzene rings is 1. The van der Waals surface area contributed by atoms with Gasteiger partial charge in [0.05, 0.1) is 13.2 Å². The molecule has 0 heterocycles. The topological polar surface area (TPSA) is 46.5 Å². The van der Waals surface area contributed by atoms with Gasteiger partial charge in [0.1, 0.15) is 5.75 Å². The van der Waals surface area contributed by atoms with Crippen molar-refractivity contribution in [2.24, 2.45) is 0 Å².